The van der Waals surface area contributed by atoms with E-state index in [4.69, 9.17) is 19.4 Å². The normalized spacial score (nSPS) is 23.4. The van der Waals surface area contributed by atoms with E-state index in [1.165, 1.54) is 30.3 Å². The van der Waals surface area contributed by atoms with Crippen molar-refractivity contribution in [2.75, 3.05) is 20.6 Å². The highest BCUT2D eigenvalue weighted by Gasteiger charge is 2.62. The summed E-state index contributed by atoms with van der Waals surface area (Å²) < 4.78 is 42.9. The number of aromatic nitrogens is 3. The molecule has 4 amide bonds. The molecule has 1 aliphatic carbocycles. The Bertz CT molecular complexity index is 2510. The molecule has 16 nitrogen and oxygen atoms in total. The number of carbonyl (C=O) groups is 4. The minimum Gasteiger partial charge on any atom is -0.459 e. The van der Waals surface area contributed by atoms with Gasteiger partial charge in [0.25, 0.3) is 11.9 Å². The van der Waals surface area contributed by atoms with Crippen LogP contribution < -0.4 is 20.1 Å². The van der Waals surface area contributed by atoms with Crippen LogP contribution in [0.25, 0.3) is 32.9 Å². The summed E-state index contributed by atoms with van der Waals surface area (Å²) >= 11 is 1.52. The van der Waals surface area contributed by atoms with Crippen LogP contribution in [0.15, 0.2) is 60.0 Å². The van der Waals surface area contributed by atoms with Gasteiger partial charge >= 0.3 is 16.3 Å². The van der Waals surface area contributed by atoms with Crippen LogP contribution >= 0.6 is 11.3 Å². The van der Waals surface area contributed by atoms with Gasteiger partial charge in [-0.05, 0) is 79.4 Å². The van der Waals surface area contributed by atoms with E-state index in [0.717, 1.165) is 50.1 Å². The van der Waals surface area contributed by atoms with Crippen molar-refractivity contribution < 1.29 is 37.1 Å². The molecule has 2 aromatic heterocycles. The predicted octanol–water partition coefficient (Wildman–Crippen LogP) is 6.28. The molecule has 0 bridgehead atoms. The standard InChI is InChI=1S/C45H58N8O8S2/c1-27(2)53-35-18-14-16-32(39-46-34(26-62-39)29-21-19-28(3)20-22-29)37(35)48-42(53)60-31-23-36-38(54)49-45(41(56)50-63(58,59)51(7)8)24-30(45)15-12-10-9-11-13-17-33(40(55)52(36)25-31)47-43(57)61-44(4,5)6/h12,14-16,18-22,26-27,30-31,33,36H,9-11,13,17,23-25H2,1-8H3,(H,47,57)(H,49,54)(H,50,56)/t30-,31-,33+,36+,45-/m1/s1. The number of amides is 4. The van der Waals surface area contributed by atoms with Crippen molar-refractivity contribution in [3.63, 3.8) is 0 Å². The number of ether oxygens (including phenoxy) is 2. The van der Waals surface area contributed by atoms with Gasteiger partial charge in [0.2, 0.25) is 11.8 Å². The molecule has 0 unspecified atom stereocenters. The number of fused-ring (bicyclic) bond motifs is 3. The van der Waals surface area contributed by atoms with E-state index in [9.17, 15) is 27.6 Å². The van der Waals surface area contributed by atoms with Crippen molar-refractivity contribution in [1.29, 1.82) is 0 Å². The van der Waals surface area contributed by atoms with E-state index >= 15 is 0 Å². The highest BCUT2D eigenvalue weighted by Crippen LogP contribution is 2.46. The Labute approximate surface area is 373 Å². The Hall–Kier alpha value is -5.33. The number of aryl methyl sites for hydroxylation is 1. The topological polar surface area (TPSA) is 194 Å². The minimum atomic E-state index is -4.19. The summed E-state index contributed by atoms with van der Waals surface area (Å²) in [4.78, 5) is 67.8. The molecule has 7 rings (SSSR count). The number of para-hydroxylation sites is 1. The quantitative estimate of drug-likeness (QED) is 0.161. The molecule has 2 aliphatic heterocycles. The molecule has 4 aromatic rings. The van der Waals surface area contributed by atoms with Crippen LogP contribution in [0.2, 0.25) is 0 Å². The number of rotatable bonds is 9. The summed E-state index contributed by atoms with van der Waals surface area (Å²) in [6.07, 6.45) is 5.55. The SMILES string of the molecule is Cc1ccc(-c2csc(-c3cccc4c3nc(O[C@@H]3C[C@H]5C(=O)N[C@]6(C(=O)NS(=O)(=O)N(C)C)C[C@H]6C=CCCCCC[C@H](NC(=O)OC(C)(C)C)C(=O)N5C3)n4C(C)C)n2)cc1. The van der Waals surface area contributed by atoms with Gasteiger partial charge in [0.1, 0.15) is 39.9 Å². The Morgan fingerprint density at radius 1 is 1.05 bits per heavy atom. The first kappa shape index (κ1) is 45.7. The zero-order valence-electron chi connectivity index (χ0n) is 37.1. The first-order valence-electron chi connectivity index (χ1n) is 21.5. The fourth-order valence-corrected chi connectivity index (χ4v) is 9.62. The lowest BCUT2D eigenvalue weighted by molar-refractivity contribution is -0.141. The number of nitrogens with one attached hydrogen (secondary N) is 3. The number of carbonyl (C=O) groups excluding carboxylic acids is 4. The molecule has 338 valence electrons. The van der Waals surface area contributed by atoms with Crippen molar-refractivity contribution in [3.05, 3.63) is 65.6 Å². The van der Waals surface area contributed by atoms with Crippen molar-refractivity contribution >= 4 is 56.4 Å². The lowest BCUT2D eigenvalue weighted by Crippen LogP contribution is -2.58. The van der Waals surface area contributed by atoms with E-state index in [1.807, 2.05) is 61.1 Å². The lowest BCUT2D eigenvalue weighted by atomic mass is 10.0. The Kier molecular flexibility index (Phi) is 13.1. The number of thiazole rings is 1. The maximum absolute atomic E-state index is 14.7. The van der Waals surface area contributed by atoms with Gasteiger partial charge in [-0.2, -0.15) is 17.7 Å². The molecule has 63 heavy (non-hydrogen) atoms. The fourth-order valence-electron chi connectivity index (χ4n) is 8.17. The average molecular weight is 903 g/mol. The third-order valence-electron chi connectivity index (χ3n) is 11.6. The van der Waals surface area contributed by atoms with Gasteiger partial charge < -0.3 is 25.0 Å². The van der Waals surface area contributed by atoms with E-state index in [1.54, 1.807) is 20.8 Å². The van der Waals surface area contributed by atoms with E-state index in [-0.39, 0.29) is 25.4 Å². The second-order valence-electron chi connectivity index (χ2n) is 18.2. The second-order valence-corrected chi connectivity index (χ2v) is 20.9. The molecule has 2 fully saturated rings. The number of allylic oxidation sites excluding steroid dienone is 1. The van der Waals surface area contributed by atoms with Crippen LogP contribution in [-0.2, 0) is 29.3 Å². The summed E-state index contributed by atoms with van der Waals surface area (Å²) in [5, 5.41) is 8.47. The monoisotopic (exact) mass is 902 g/mol. The summed E-state index contributed by atoms with van der Waals surface area (Å²) in [5.41, 5.74) is 2.97. The second kappa shape index (κ2) is 18.0. The molecule has 1 saturated heterocycles. The third kappa shape index (κ3) is 10.1. The van der Waals surface area contributed by atoms with Gasteiger partial charge in [-0.3, -0.25) is 19.0 Å². The third-order valence-corrected chi connectivity index (χ3v) is 13.9. The number of benzene rings is 2. The van der Waals surface area contributed by atoms with E-state index in [2.05, 4.69) is 39.6 Å². The van der Waals surface area contributed by atoms with Crippen molar-refractivity contribution in [2.24, 2.45) is 5.92 Å². The highest BCUT2D eigenvalue weighted by molar-refractivity contribution is 7.87. The van der Waals surface area contributed by atoms with Crippen LogP contribution in [0.1, 0.15) is 91.2 Å². The van der Waals surface area contributed by atoms with Crippen LogP contribution in [0.4, 0.5) is 4.79 Å². The highest BCUT2D eigenvalue weighted by atomic mass is 32.2. The van der Waals surface area contributed by atoms with Crippen LogP contribution in [0.5, 0.6) is 6.01 Å². The predicted molar refractivity (Wildman–Crippen MR) is 241 cm³/mol. The number of alkyl carbamates (subject to hydrolysis) is 1. The molecule has 3 aliphatic rings. The summed E-state index contributed by atoms with van der Waals surface area (Å²) in [5.74, 6) is -2.51. The first-order chi connectivity index (χ1) is 29.8. The molecule has 3 N–H and O–H groups in total. The number of imidazole rings is 1. The molecule has 18 heteroatoms. The van der Waals surface area contributed by atoms with Gasteiger partial charge in [0.05, 0.1) is 17.8 Å². The minimum absolute atomic E-state index is 0.0193. The lowest BCUT2D eigenvalue weighted by Gasteiger charge is -2.30. The molecular formula is C45H58N8O8S2. The van der Waals surface area contributed by atoms with Crippen LogP contribution in [0, 0.1) is 12.8 Å². The molecular weight excluding hydrogens is 845 g/mol. The van der Waals surface area contributed by atoms with Gasteiger partial charge in [0.15, 0.2) is 0 Å². The van der Waals surface area contributed by atoms with E-state index < -0.39 is 69.3 Å². The van der Waals surface area contributed by atoms with Gasteiger partial charge in [-0.15, -0.1) is 11.3 Å². The summed E-state index contributed by atoms with van der Waals surface area (Å²) in [7, 11) is -1.59. The maximum Gasteiger partial charge on any atom is 0.408 e. The largest absolute Gasteiger partial charge is 0.459 e. The van der Waals surface area contributed by atoms with Gasteiger partial charge in [-0.1, -0.05) is 60.9 Å². The number of hydrogen-bond donors (Lipinski definition) is 3. The molecule has 5 atom stereocenters. The molecule has 0 radical (unpaired) electrons. The molecule has 4 heterocycles. The Balaban J connectivity index is 1.23. The van der Waals surface area contributed by atoms with Crippen molar-refractivity contribution in [1.82, 2.24) is 39.1 Å². The zero-order chi connectivity index (χ0) is 45.4. The smallest absolute Gasteiger partial charge is 0.408 e. The van der Waals surface area contributed by atoms with Gasteiger partial charge in [0, 0.05) is 49.0 Å². The van der Waals surface area contributed by atoms with Crippen molar-refractivity contribution in [2.45, 2.75) is 122 Å². The summed E-state index contributed by atoms with van der Waals surface area (Å²) in [6.45, 7) is 11.2. The summed E-state index contributed by atoms with van der Waals surface area (Å²) in [6, 6.07) is 12.1. The van der Waals surface area contributed by atoms with Crippen LogP contribution in [0.3, 0.4) is 0 Å². The van der Waals surface area contributed by atoms with Crippen molar-refractivity contribution in [3.8, 4) is 27.8 Å². The Morgan fingerprint density at radius 3 is 2.49 bits per heavy atom. The average Bonchev–Trinajstić information content (AvgIpc) is 3.55. The van der Waals surface area contributed by atoms with Crippen LogP contribution in [-0.4, -0.2) is 106 Å². The molecule has 1 saturated carbocycles. The first-order valence-corrected chi connectivity index (χ1v) is 23.8. The van der Waals surface area contributed by atoms with E-state index in [0.29, 0.717) is 30.8 Å². The number of nitrogens with zero attached hydrogens (tertiary/aromatic N) is 5. The molecule has 2 aromatic carbocycles. The van der Waals surface area contributed by atoms with Gasteiger partial charge in [-0.25, -0.2) is 14.5 Å². The number of hydrogen-bond acceptors (Lipinski definition) is 11. The zero-order valence-corrected chi connectivity index (χ0v) is 38.8. The maximum atomic E-state index is 14.7. The fraction of sp³-hybridized carbons (Fsp3) is 0.511. The molecule has 0 spiro atoms. The Morgan fingerprint density at radius 2 is 1.79 bits per heavy atom.